The number of non-ortho nitro benzene ring substituents is 1. The number of hydrogen-bond donors (Lipinski definition) is 1. The summed E-state index contributed by atoms with van der Waals surface area (Å²) in [4.78, 5) is 39.5. The first-order valence-corrected chi connectivity index (χ1v) is 8.07. The summed E-state index contributed by atoms with van der Waals surface area (Å²) >= 11 is 0. The van der Waals surface area contributed by atoms with E-state index in [0.29, 0.717) is 26.2 Å². The maximum absolute atomic E-state index is 12.3. The van der Waals surface area contributed by atoms with E-state index in [1.165, 1.54) is 12.1 Å². The van der Waals surface area contributed by atoms with Gasteiger partial charge in [-0.15, -0.1) is 0 Å². The van der Waals surface area contributed by atoms with Crippen LogP contribution in [0.5, 0.6) is 0 Å². The Labute approximate surface area is 146 Å². The number of carbonyl (C=O) groups is 2. The molecule has 1 aromatic carbocycles. The number of likely N-dealkylation sites (N-methyl/N-ethyl adjacent to an activating group) is 2. The van der Waals surface area contributed by atoms with Crippen LogP contribution in [0.2, 0.25) is 0 Å². The lowest BCUT2D eigenvalue weighted by molar-refractivity contribution is -0.384. The highest BCUT2D eigenvalue weighted by atomic mass is 16.6. The Bertz CT molecular complexity index is 626. The Morgan fingerprint density at radius 3 is 2.28 bits per heavy atom. The number of amides is 2. The van der Waals surface area contributed by atoms with Crippen LogP contribution in [-0.4, -0.2) is 79.9 Å². The van der Waals surface area contributed by atoms with Crippen LogP contribution >= 0.6 is 0 Å². The average molecular weight is 349 g/mol. The lowest BCUT2D eigenvalue weighted by atomic mass is 10.2. The molecule has 0 saturated carbocycles. The molecule has 136 valence electrons. The minimum atomic E-state index is -0.421. The summed E-state index contributed by atoms with van der Waals surface area (Å²) in [5, 5.41) is 13.2. The first kappa shape index (κ1) is 18.7. The summed E-state index contributed by atoms with van der Waals surface area (Å²) in [6.45, 7) is 2.90. The van der Waals surface area contributed by atoms with Gasteiger partial charge in [0, 0.05) is 51.0 Å². The zero-order chi connectivity index (χ0) is 18.4. The normalized spacial score (nSPS) is 14.5. The van der Waals surface area contributed by atoms with E-state index in [1.54, 1.807) is 36.0 Å². The van der Waals surface area contributed by atoms with Gasteiger partial charge in [-0.2, -0.15) is 0 Å². The molecule has 2 amide bonds. The van der Waals surface area contributed by atoms with Gasteiger partial charge in [0.05, 0.1) is 18.0 Å². The summed E-state index contributed by atoms with van der Waals surface area (Å²) < 4.78 is 0. The fourth-order valence-electron chi connectivity index (χ4n) is 2.71. The van der Waals surface area contributed by atoms with E-state index >= 15 is 0 Å². The Morgan fingerprint density at radius 2 is 1.76 bits per heavy atom. The zero-order valence-corrected chi connectivity index (χ0v) is 14.5. The van der Waals surface area contributed by atoms with Crippen LogP contribution in [-0.2, 0) is 9.59 Å². The SMILES string of the molecule is CNC(=O)CN(C)CC(=O)N1CCN(c2ccc([N+](=O)[O-])cc2)CC1. The number of nitro benzene ring substituents is 1. The Kier molecular flexibility index (Phi) is 6.29. The molecule has 1 fully saturated rings. The Balaban J connectivity index is 1.83. The van der Waals surface area contributed by atoms with Crippen LogP contribution in [0.15, 0.2) is 24.3 Å². The van der Waals surface area contributed by atoms with Gasteiger partial charge in [0.1, 0.15) is 0 Å². The lowest BCUT2D eigenvalue weighted by Gasteiger charge is -2.36. The highest BCUT2D eigenvalue weighted by molar-refractivity contribution is 5.81. The molecule has 0 aromatic heterocycles. The van der Waals surface area contributed by atoms with Crippen LogP contribution < -0.4 is 10.2 Å². The molecule has 1 saturated heterocycles. The molecular weight excluding hydrogens is 326 g/mol. The van der Waals surface area contributed by atoms with E-state index < -0.39 is 4.92 Å². The van der Waals surface area contributed by atoms with Gasteiger partial charge in [0.15, 0.2) is 0 Å². The standard InChI is InChI=1S/C16H23N5O4/c1-17-15(22)11-18(2)12-16(23)20-9-7-19(8-10-20)13-3-5-14(6-4-13)21(24)25/h3-6H,7-12H2,1-2H3,(H,17,22). The van der Waals surface area contributed by atoms with Crippen molar-refractivity contribution in [1.82, 2.24) is 15.1 Å². The molecule has 9 nitrogen and oxygen atoms in total. The van der Waals surface area contributed by atoms with Gasteiger partial charge < -0.3 is 15.1 Å². The summed E-state index contributed by atoms with van der Waals surface area (Å²) in [6.07, 6.45) is 0. The minimum Gasteiger partial charge on any atom is -0.368 e. The smallest absolute Gasteiger partial charge is 0.269 e. The number of benzene rings is 1. The summed E-state index contributed by atoms with van der Waals surface area (Å²) in [6, 6.07) is 6.43. The van der Waals surface area contributed by atoms with Crippen molar-refractivity contribution in [3.8, 4) is 0 Å². The molecule has 1 aromatic rings. The summed E-state index contributed by atoms with van der Waals surface area (Å²) in [7, 11) is 3.30. The van der Waals surface area contributed by atoms with Crippen molar-refractivity contribution in [2.45, 2.75) is 0 Å². The quantitative estimate of drug-likeness (QED) is 0.570. The lowest BCUT2D eigenvalue weighted by Crippen LogP contribution is -2.51. The first-order chi connectivity index (χ1) is 11.9. The van der Waals surface area contributed by atoms with Crippen molar-refractivity contribution in [1.29, 1.82) is 0 Å². The molecule has 1 aliphatic rings. The molecule has 2 rings (SSSR count). The van der Waals surface area contributed by atoms with E-state index in [4.69, 9.17) is 0 Å². The number of anilines is 1. The third kappa shape index (κ3) is 5.15. The van der Waals surface area contributed by atoms with Crippen molar-refractivity contribution in [2.24, 2.45) is 0 Å². The van der Waals surface area contributed by atoms with Gasteiger partial charge in [-0.1, -0.05) is 0 Å². The third-order valence-electron chi connectivity index (χ3n) is 4.16. The van der Waals surface area contributed by atoms with E-state index in [9.17, 15) is 19.7 Å². The van der Waals surface area contributed by atoms with Crippen LogP contribution in [0, 0.1) is 10.1 Å². The summed E-state index contributed by atoms with van der Waals surface area (Å²) in [5.74, 6) is -0.131. The average Bonchev–Trinajstić information content (AvgIpc) is 2.61. The minimum absolute atomic E-state index is 0.00486. The van der Waals surface area contributed by atoms with E-state index in [0.717, 1.165) is 5.69 Å². The number of nitrogens with zero attached hydrogens (tertiary/aromatic N) is 4. The molecule has 1 heterocycles. The maximum atomic E-state index is 12.3. The van der Waals surface area contributed by atoms with Gasteiger partial charge in [-0.05, 0) is 19.2 Å². The highest BCUT2D eigenvalue weighted by Crippen LogP contribution is 2.20. The number of rotatable bonds is 6. The number of nitro groups is 1. The molecule has 0 atom stereocenters. The van der Waals surface area contributed by atoms with Gasteiger partial charge in [0.25, 0.3) is 5.69 Å². The highest BCUT2D eigenvalue weighted by Gasteiger charge is 2.22. The molecule has 0 aliphatic carbocycles. The van der Waals surface area contributed by atoms with Gasteiger partial charge >= 0.3 is 0 Å². The van der Waals surface area contributed by atoms with Gasteiger partial charge in [-0.25, -0.2) is 0 Å². The molecule has 1 aliphatic heterocycles. The monoisotopic (exact) mass is 349 g/mol. The van der Waals surface area contributed by atoms with E-state index in [-0.39, 0.29) is 30.6 Å². The fraction of sp³-hybridized carbons (Fsp3) is 0.500. The molecule has 0 spiro atoms. The Morgan fingerprint density at radius 1 is 1.16 bits per heavy atom. The fourth-order valence-corrected chi connectivity index (χ4v) is 2.71. The maximum Gasteiger partial charge on any atom is 0.269 e. The summed E-state index contributed by atoms with van der Waals surface area (Å²) in [5.41, 5.74) is 0.978. The molecule has 0 bridgehead atoms. The van der Waals surface area contributed by atoms with Crippen molar-refractivity contribution in [3.63, 3.8) is 0 Å². The van der Waals surface area contributed by atoms with Crippen molar-refractivity contribution < 1.29 is 14.5 Å². The van der Waals surface area contributed by atoms with Crippen molar-refractivity contribution in [3.05, 3.63) is 34.4 Å². The molecular formula is C16H23N5O4. The van der Waals surface area contributed by atoms with E-state index in [2.05, 4.69) is 10.2 Å². The molecule has 25 heavy (non-hydrogen) atoms. The molecule has 0 unspecified atom stereocenters. The predicted octanol–water partition coefficient (Wildman–Crippen LogP) is -0.0788. The topological polar surface area (TPSA) is 99.0 Å². The number of piperazine rings is 1. The van der Waals surface area contributed by atoms with Crippen LogP contribution in [0.25, 0.3) is 0 Å². The van der Waals surface area contributed by atoms with Crippen LogP contribution in [0.4, 0.5) is 11.4 Å². The second-order valence-electron chi connectivity index (χ2n) is 5.99. The number of nitrogens with one attached hydrogen (secondary N) is 1. The van der Waals surface area contributed by atoms with Gasteiger partial charge in [0.2, 0.25) is 11.8 Å². The van der Waals surface area contributed by atoms with Crippen molar-refractivity contribution >= 4 is 23.2 Å². The Hall–Kier alpha value is -2.68. The molecule has 0 radical (unpaired) electrons. The van der Waals surface area contributed by atoms with Crippen molar-refractivity contribution in [2.75, 3.05) is 58.3 Å². The van der Waals surface area contributed by atoms with Crippen LogP contribution in [0.3, 0.4) is 0 Å². The zero-order valence-electron chi connectivity index (χ0n) is 14.5. The van der Waals surface area contributed by atoms with E-state index in [1.807, 2.05) is 0 Å². The predicted molar refractivity (Wildman–Crippen MR) is 93.5 cm³/mol. The third-order valence-corrected chi connectivity index (χ3v) is 4.16. The molecule has 1 N–H and O–H groups in total. The second-order valence-corrected chi connectivity index (χ2v) is 5.99. The number of hydrogen-bond acceptors (Lipinski definition) is 6. The van der Waals surface area contributed by atoms with Crippen LogP contribution in [0.1, 0.15) is 0 Å². The largest absolute Gasteiger partial charge is 0.368 e. The second kappa shape index (κ2) is 8.43. The van der Waals surface area contributed by atoms with Gasteiger partial charge in [-0.3, -0.25) is 24.6 Å². The number of carbonyl (C=O) groups excluding carboxylic acids is 2. The molecule has 9 heteroatoms. The first-order valence-electron chi connectivity index (χ1n) is 8.07.